The number of hydrogen-bond donors (Lipinski definition) is 1. The zero-order valence-corrected chi connectivity index (χ0v) is 12.1. The molecule has 0 aromatic heterocycles. The molecule has 1 aliphatic rings. The predicted molar refractivity (Wildman–Crippen MR) is 73.4 cm³/mol. The molecule has 1 N–H and O–H groups in total. The van der Waals surface area contributed by atoms with Gasteiger partial charge in [-0.05, 0) is 38.6 Å². The molecule has 1 amide bonds. The summed E-state index contributed by atoms with van der Waals surface area (Å²) in [6, 6.07) is 0. The van der Waals surface area contributed by atoms with Crippen molar-refractivity contribution < 1.29 is 9.90 Å². The van der Waals surface area contributed by atoms with Crippen LogP contribution < -0.4 is 0 Å². The second kappa shape index (κ2) is 7.74. The average molecular weight is 256 g/mol. The molecule has 0 radical (unpaired) electrons. The first-order chi connectivity index (χ1) is 8.56. The molecule has 0 aromatic rings. The van der Waals surface area contributed by atoms with E-state index in [9.17, 15) is 9.90 Å². The van der Waals surface area contributed by atoms with Crippen molar-refractivity contribution in [3.63, 3.8) is 0 Å². The highest BCUT2D eigenvalue weighted by atomic mass is 16.3. The molecule has 1 aliphatic carbocycles. The highest BCUT2D eigenvalue weighted by molar-refractivity contribution is 5.78. The number of nitrogens with zero attached hydrogens (tertiary/aromatic N) is 2. The van der Waals surface area contributed by atoms with Gasteiger partial charge in [-0.15, -0.1) is 0 Å². The van der Waals surface area contributed by atoms with Crippen LogP contribution in [0.3, 0.4) is 0 Å². The fraction of sp³-hybridized carbons (Fsp3) is 0.929. The predicted octanol–water partition coefficient (Wildman–Crippen LogP) is 1.34. The van der Waals surface area contributed by atoms with Crippen LogP contribution in [0, 0.1) is 5.92 Å². The van der Waals surface area contributed by atoms with E-state index in [1.165, 1.54) is 0 Å². The van der Waals surface area contributed by atoms with E-state index in [0.29, 0.717) is 12.5 Å². The summed E-state index contributed by atoms with van der Waals surface area (Å²) in [4.78, 5) is 16.2. The Labute approximate surface area is 111 Å². The monoisotopic (exact) mass is 256 g/mol. The van der Waals surface area contributed by atoms with E-state index in [-0.39, 0.29) is 12.0 Å². The van der Waals surface area contributed by atoms with E-state index in [1.54, 1.807) is 0 Å². The van der Waals surface area contributed by atoms with Crippen LogP contribution >= 0.6 is 0 Å². The first-order valence-electron chi connectivity index (χ1n) is 7.21. The third-order valence-corrected chi connectivity index (χ3v) is 3.53. The van der Waals surface area contributed by atoms with Crippen molar-refractivity contribution in [2.75, 3.05) is 33.2 Å². The fourth-order valence-electron chi connectivity index (χ4n) is 2.59. The van der Waals surface area contributed by atoms with Crippen LogP contribution in [-0.4, -0.2) is 60.1 Å². The molecular formula is C14H28N2O2. The molecular weight excluding hydrogens is 228 g/mol. The average Bonchev–Trinajstić information content (AvgIpc) is 2.26. The molecule has 0 bridgehead atoms. The zero-order chi connectivity index (χ0) is 13.5. The molecule has 1 fully saturated rings. The van der Waals surface area contributed by atoms with Gasteiger partial charge in [0.2, 0.25) is 5.91 Å². The summed E-state index contributed by atoms with van der Waals surface area (Å²) in [6.45, 7) is 7.37. The van der Waals surface area contributed by atoms with Crippen LogP contribution in [-0.2, 0) is 4.79 Å². The Morgan fingerprint density at radius 2 is 1.78 bits per heavy atom. The second-order valence-corrected chi connectivity index (χ2v) is 5.57. The van der Waals surface area contributed by atoms with Crippen molar-refractivity contribution >= 4 is 5.91 Å². The Morgan fingerprint density at radius 1 is 1.22 bits per heavy atom. The molecule has 0 aromatic carbocycles. The lowest BCUT2D eigenvalue weighted by Crippen LogP contribution is -2.43. The lowest BCUT2D eigenvalue weighted by Gasteiger charge is -2.34. The maximum atomic E-state index is 12.1. The van der Waals surface area contributed by atoms with Crippen LogP contribution in [0.1, 0.15) is 39.5 Å². The molecule has 0 aliphatic heterocycles. The van der Waals surface area contributed by atoms with Gasteiger partial charge < -0.3 is 10.0 Å². The minimum Gasteiger partial charge on any atom is -0.393 e. The van der Waals surface area contributed by atoms with Gasteiger partial charge in [-0.2, -0.15) is 0 Å². The van der Waals surface area contributed by atoms with Crippen LogP contribution in [0.15, 0.2) is 0 Å². The van der Waals surface area contributed by atoms with Crippen LogP contribution in [0.2, 0.25) is 0 Å². The second-order valence-electron chi connectivity index (χ2n) is 5.57. The first-order valence-corrected chi connectivity index (χ1v) is 7.21. The van der Waals surface area contributed by atoms with E-state index >= 15 is 0 Å². The number of amides is 1. The Kier molecular flexibility index (Phi) is 6.65. The standard InChI is InChI=1S/C14H28N2O2/c1-4-6-16(7-5-2)14(18)11-15(3)10-12-8-13(17)9-12/h12-13,17H,4-11H2,1-3H3. The molecule has 18 heavy (non-hydrogen) atoms. The number of carbonyl (C=O) groups is 1. The maximum Gasteiger partial charge on any atom is 0.236 e. The van der Waals surface area contributed by atoms with E-state index in [2.05, 4.69) is 18.7 Å². The fourth-order valence-corrected chi connectivity index (χ4v) is 2.59. The van der Waals surface area contributed by atoms with Gasteiger partial charge in [0.15, 0.2) is 0 Å². The van der Waals surface area contributed by atoms with Gasteiger partial charge in [0.05, 0.1) is 12.6 Å². The van der Waals surface area contributed by atoms with E-state index in [1.807, 2.05) is 11.9 Å². The Morgan fingerprint density at radius 3 is 2.22 bits per heavy atom. The zero-order valence-electron chi connectivity index (χ0n) is 12.1. The Bertz CT molecular complexity index is 246. The summed E-state index contributed by atoms with van der Waals surface area (Å²) in [5.41, 5.74) is 0. The molecule has 0 heterocycles. The van der Waals surface area contributed by atoms with Gasteiger partial charge in [0.25, 0.3) is 0 Å². The van der Waals surface area contributed by atoms with Crippen molar-refractivity contribution in [3.05, 3.63) is 0 Å². The SMILES string of the molecule is CCCN(CCC)C(=O)CN(C)CC1CC(O)C1. The Balaban J connectivity index is 2.27. The van der Waals surface area contributed by atoms with Crippen molar-refractivity contribution in [2.24, 2.45) is 5.92 Å². The Hall–Kier alpha value is -0.610. The summed E-state index contributed by atoms with van der Waals surface area (Å²) in [5, 5.41) is 9.25. The van der Waals surface area contributed by atoms with Crippen molar-refractivity contribution in [1.29, 1.82) is 0 Å². The van der Waals surface area contributed by atoms with Crippen molar-refractivity contribution in [2.45, 2.75) is 45.6 Å². The van der Waals surface area contributed by atoms with Crippen LogP contribution in [0.4, 0.5) is 0 Å². The third kappa shape index (κ3) is 4.94. The molecule has 4 nitrogen and oxygen atoms in total. The number of carbonyl (C=O) groups excluding carboxylic acids is 1. The lowest BCUT2D eigenvalue weighted by molar-refractivity contribution is -0.132. The molecule has 4 heteroatoms. The largest absolute Gasteiger partial charge is 0.393 e. The smallest absolute Gasteiger partial charge is 0.236 e. The van der Waals surface area contributed by atoms with E-state index in [4.69, 9.17) is 0 Å². The van der Waals surface area contributed by atoms with Crippen molar-refractivity contribution in [1.82, 2.24) is 9.80 Å². The van der Waals surface area contributed by atoms with Gasteiger partial charge >= 0.3 is 0 Å². The van der Waals surface area contributed by atoms with Crippen molar-refractivity contribution in [3.8, 4) is 0 Å². The lowest BCUT2D eigenvalue weighted by atomic mass is 9.82. The third-order valence-electron chi connectivity index (χ3n) is 3.53. The molecule has 0 spiro atoms. The summed E-state index contributed by atoms with van der Waals surface area (Å²) in [5.74, 6) is 0.810. The van der Waals surface area contributed by atoms with E-state index < -0.39 is 0 Å². The normalized spacial score (nSPS) is 22.9. The number of hydrogen-bond acceptors (Lipinski definition) is 3. The summed E-state index contributed by atoms with van der Waals surface area (Å²) in [6.07, 6.45) is 3.73. The highest BCUT2D eigenvalue weighted by Gasteiger charge is 2.28. The molecule has 0 saturated heterocycles. The van der Waals surface area contributed by atoms with Gasteiger partial charge in [-0.25, -0.2) is 0 Å². The highest BCUT2D eigenvalue weighted by Crippen LogP contribution is 2.27. The minimum atomic E-state index is -0.101. The number of aliphatic hydroxyl groups is 1. The summed E-state index contributed by atoms with van der Waals surface area (Å²) >= 11 is 0. The molecule has 0 atom stereocenters. The number of rotatable bonds is 8. The summed E-state index contributed by atoms with van der Waals surface area (Å²) < 4.78 is 0. The number of likely N-dealkylation sites (N-methyl/N-ethyl adjacent to an activating group) is 1. The van der Waals surface area contributed by atoms with Gasteiger partial charge in [-0.3, -0.25) is 9.69 Å². The molecule has 1 rings (SSSR count). The quantitative estimate of drug-likeness (QED) is 0.712. The van der Waals surface area contributed by atoms with Crippen LogP contribution in [0.25, 0.3) is 0 Å². The maximum absolute atomic E-state index is 12.1. The first kappa shape index (κ1) is 15.4. The molecule has 1 saturated carbocycles. The van der Waals surface area contributed by atoms with Gasteiger partial charge in [0.1, 0.15) is 0 Å². The van der Waals surface area contributed by atoms with Gasteiger partial charge in [0, 0.05) is 19.6 Å². The molecule has 106 valence electrons. The minimum absolute atomic E-state index is 0.101. The van der Waals surface area contributed by atoms with E-state index in [0.717, 1.165) is 45.3 Å². The topological polar surface area (TPSA) is 43.8 Å². The summed E-state index contributed by atoms with van der Waals surface area (Å²) in [7, 11) is 2.00. The number of aliphatic hydroxyl groups excluding tert-OH is 1. The molecule has 0 unspecified atom stereocenters. The van der Waals surface area contributed by atoms with Crippen LogP contribution in [0.5, 0.6) is 0 Å². The van der Waals surface area contributed by atoms with Gasteiger partial charge in [-0.1, -0.05) is 13.8 Å².